The van der Waals surface area contributed by atoms with Gasteiger partial charge in [-0.05, 0) is 12.3 Å². The van der Waals surface area contributed by atoms with E-state index in [0.717, 1.165) is 0 Å². The van der Waals surface area contributed by atoms with Gasteiger partial charge in [-0.1, -0.05) is 32.4 Å². The molecule has 1 rings (SSSR count). The first-order chi connectivity index (χ1) is 7.29. The summed E-state index contributed by atoms with van der Waals surface area (Å²) >= 11 is 5.80. The van der Waals surface area contributed by atoms with Crippen molar-refractivity contribution < 1.29 is 5.11 Å². The second-order valence-corrected chi connectivity index (χ2v) is 5.27. The third kappa shape index (κ3) is 3.94. The summed E-state index contributed by atoms with van der Waals surface area (Å²) < 4.78 is 0. The summed E-state index contributed by atoms with van der Waals surface area (Å²) in [6.45, 7) is 8.17. The molecule has 0 radical (unpaired) electrons. The minimum absolute atomic E-state index is 0.154. The molecule has 0 amide bonds. The third-order valence-corrected chi connectivity index (χ3v) is 2.48. The quantitative estimate of drug-likeness (QED) is 0.800. The van der Waals surface area contributed by atoms with Crippen LogP contribution in [0.15, 0.2) is 6.07 Å². The van der Waals surface area contributed by atoms with Crippen molar-refractivity contribution in [1.29, 1.82) is 0 Å². The summed E-state index contributed by atoms with van der Waals surface area (Å²) in [6.07, 6.45) is -0.443. The average Bonchev–Trinajstić information content (AvgIpc) is 2.11. The van der Waals surface area contributed by atoms with E-state index < -0.39 is 6.10 Å². The van der Waals surface area contributed by atoms with E-state index in [1.165, 1.54) is 0 Å². The molecule has 2 N–H and O–H groups in total. The van der Waals surface area contributed by atoms with E-state index in [0.29, 0.717) is 23.3 Å². The number of nitrogens with one attached hydrogen (secondary N) is 1. The number of anilines is 1. The first kappa shape index (κ1) is 13.2. The Morgan fingerprint density at radius 3 is 2.56 bits per heavy atom. The maximum Gasteiger partial charge on any atom is 0.134 e. The zero-order valence-electron chi connectivity index (χ0n) is 10.1. The molecule has 0 saturated heterocycles. The molecule has 0 aliphatic carbocycles. The molecule has 0 saturated carbocycles. The zero-order chi connectivity index (χ0) is 12.3. The fourth-order valence-corrected chi connectivity index (χ4v) is 1.35. The third-order valence-electron chi connectivity index (χ3n) is 2.28. The molecule has 0 aliphatic heterocycles. The van der Waals surface area contributed by atoms with Crippen molar-refractivity contribution in [3.05, 3.63) is 17.0 Å². The van der Waals surface area contributed by atoms with E-state index in [1.807, 2.05) is 20.8 Å². The number of aryl methyl sites for hydroxylation is 1. The lowest BCUT2D eigenvalue weighted by molar-refractivity contribution is 0.0745. The molecular weight excluding hydrogens is 226 g/mol. The van der Waals surface area contributed by atoms with Crippen molar-refractivity contribution in [3.8, 4) is 0 Å². The molecule has 1 atom stereocenters. The Labute approximate surface area is 101 Å². The molecule has 0 fully saturated rings. The highest BCUT2D eigenvalue weighted by atomic mass is 35.5. The summed E-state index contributed by atoms with van der Waals surface area (Å²) in [5.41, 5.74) is -0.154. The fourth-order valence-electron chi connectivity index (χ4n) is 1.13. The van der Waals surface area contributed by atoms with Gasteiger partial charge in [-0.2, -0.15) is 0 Å². The summed E-state index contributed by atoms with van der Waals surface area (Å²) in [6, 6.07) is 1.64. The molecule has 0 spiro atoms. The van der Waals surface area contributed by atoms with E-state index in [2.05, 4.69) is 15.3 Å². The molecule has 0 aromatic carbocycles. The topological polar surface area (TPSA) is 58.0 Å². The van der Waals surface area contributed by atoms with Gasteiger partial charge in [0.25, 0.3) is 0 Å². The number of aliphatic hydroxyl groups is 1. The van der Waals surface area contributed by atoms with Crippen LogP contribution in [0, 0.1) is 12.3 Å². The van der Waals surface area contributed by atoms with Crippen LogP contribution >= 0.6 is 11.6 Å². The molecule has 0 unspecified atom stereocenters. The minimum Gasteiger partial charge on any atom is -0.391 e. The number of aromatic nitrogens is 2. The highest BCUT2D eigenvalue weighted by Gasteiger charge is 2.21. The van der Waals surface area contributed by atoms with Gasteiger partial charge in [-0.25, -0.2) is 9.97 Å². The van der Waals surface area contributed by atoms with Crippen LogP contribution in [0.3, 0.4) is 0 Å². The molecule has 16 heavy (non-hydrogen) atoms. The normalized spacial score (nSPS) is 13.6. The lowest BCUT2D eigenvalue weighted by Crippen LogP contribution is -2.33. The number of aliphatic hydroxyl groups excluding tert-OH is 1. The molecule has 90 valence electrons. The Kier molecular flexibility index (Phi) is 4.10. The van der Waals surface area contributed by atoms with Crippen molar-refractivity contribution in [2.75, 3.05) is 11.9 Å². The molecule has 0 aliphatic rings. The Morgan fingerprint density at radius 1 is 1.44 bits per heavy atom. The molecule has 4 nitrogen and oxygen atoms in total. The SMILES string of the molecule is Cc1nc(Cl)cc(NC[C@H](O)C(C)(C)C)n1. The molecule has 1 aromatic rings. The van der Waals surface area contributed by atoms with E-state index in [4.69, 9.17) is 11.6 Å². The van der Waals surface area contributed by atoms with Crippen LogP contribution in [0.4, 0.5) is 5.82 Å². The second-order valence-electron chi connectivity index (χ2n) is 4.89. The lowest BCUT2D eigenvalue weighted by atomic mass is 9.89. The van der Waals surface area contributed by atoms with Crippen LogP contribution in [0.25, 0.3) is 0 Å². The summed E-state index contributed by atoms with van der Waals surface area (Å²) in [7, 11) is 0. The highest BCUT2D eigenvalue weighted by molar-refractivity contribution is 6.29. The minimum atomic E-state index is -0.443. The van der Waals surface area contributed by atoms with Crippen LogP contribution in [0.1, 0.15) is 26.6 Å². The van der Waals surface area contributed by atoms with Crippen LogP contribution < -0.4 is 5.32 Å². The van der Waals surface area contributed by atoms with Gasteiger partial charge >= 0.3 is 0 Å². The van der Waals surface area contributed by atoms with Gasteiger partial charge in [0.1, 0.15) is 16.8 Å². The standard InChI is InChI=1S/C11H18ClN3O/c1-7-14-9(12)5-10(15-7)13-6-8(16)11(2,3)4/h5,8,16H,6H2,1-4H3,(H,13,14,15)/t8-/m0/s1. The van der Waals surface area contributed by atoms with Crippen molar-refractivity contribution in [2.24, 2.45) is 5.41 Å². The monoisotopic (exact) mass is 243 g/mol. The Morgan fingerprint density at radius 2 is 2.06 bits per heavy atom. The summed E-state index contributed by atoms with van der Waals surface area (Å²) in [5, 5.41) is 13.3. The first-order valence-corrected chi connectivity index (χ1v) is 5.60. The number of hydrogen-bond acceptors (Lipinski definition) is 4. The smallest absolute Gasteiger partial charge is 0.134 e. The van der Waals surface area contributed by atoms with Crippen molar-refractivity contribution in [1.82, 2.24) is 9.97 Å². The predicted molar refractivity (Wildman–Crippen MR) is 65.7 cm³/mol. The second kappa shape index (κ2) is 4.97. The number of hydrogen-bond donors (Lipinski definition) is 2. The molecule has 0 bridgehead atoms. The van der Waals surface area contributed by atoms with Crippen molar-refractivity contribution in [3.63, 3.8) is 0 Å². The van der Waals surface area contributed by atoms with Crippen LogP contribution in [-0.2, 0) is 0 Å². The first-order valence-electron chi connectivity index (χ1n) is 5.22. The number of halogens is 1. The van der Waals surface area contributed by atoms with Gasteiger partial charge in [0.15, 0.2) is 0 Å². The van der Waals surface area contributed by atoms with Crippen molar-refractivity contribution >= 4 is 17.4 Å². The summed E-state index contributed by atoms with van der Waals surface area (Å²) in [5.74, 6) is 1.25. The fraction of sp³-hybridized carbons (Fsp3) is 0.636. The largest absolute Gasteiger partial charge is 0.391 e. The van der Waals surface area contributed by atoms with Crippen LogP contribution in [0.5, 0.6) is 0 Å². The Bertz CT molecular complexity index is 342. The predicted octanol–water partition coefficient (Wildman–Crippen LogP) is 2.26. The molecule has 1 heterocycles. The zero-order valence-corrected chi connectivity index (χ0v) is 10.8. The van der Waals surface area contributed by atoms with Gasteiger partial charge in [0.2, 0.25) is 0 Å². The number of rotatable bonds is 3. The maximum atomic E-state index is 9.85. The summed E-state index contributed by atoms with van der Waals surface area (Å²) in [4.78, 5) is 8.13. The van der Waals surface area contributed by atoms with Gasteiger partial charge in [0.05, 0.1) is 6.10 Å². The molecule has 5 heteroatoms. The van der Waals surface area contributed by atoms with Gasteiger partial charge < -0.3 is 10.4 Å². The van der Waals surface area contributed by atoms with Crippen molar-refractivity contribution in [2.45, 2.75) is 33.8 Å². The van der Waals surface area contributed by atoms with Gasteiger partial charge in [0, 0.05) is 12.6 Å². The van der Waals surface area contributed by atoms with E-state index in [-0.39, 0.29) is 5.41 Å². The average molecular weight is 244 g/mol. The van der Waals surface area contributed by atoms with E-state index >= 15 is 0 Å². The Balaban J connectivity index is 2.61. The van der Waals surface area contributed by atoms with Gasteiger partial charge in [-0.15, -0.1) is 0 Å². The lowest BCUT2D eigenvalue weighted by Gasteiger charge is -2.26. The highest BCUT2D eigenvalue weighted by Crippen LogP contribution is 2.19. The molecular formula is C11H18ClN3O. The molecule has 1 aromatic heterocycles. The van der Waals surface area contributed by atoms with Crippen LogP contribution in [0.2, 0.25) is 5.15 Å². The number of nitrogens with zero attached hydrogens (tertiary/aromatic N) is 2. The van der Waals surface area contributed by atoms with E-state index in [9.17, 15) is 5.11 Å². The van der Waals surface area contributed by atoms with Gasteiger partial charge in [-0.3, -0.25) is 0 Å². The van der Waals surface area contributed by atoms with Crippen LogP contribution in [-0.4, -0.2) is 27.7 Å². The Hall–Kier alpha value is -0.870. The maximum absolute atomic E-state index is 9.85. The van der Waals surface area contributed by atoms with E-state index in [1.54, 1.807) is 13.0 Å².